The van der Waals surface area contributed by atoms with Crippen molar-refractivity contribution in [2.24, 2.45) is 0 Å². The van der Waals surface area contributed by atoms with Crippen molar-refractivity contribution in [1.82, 2.24) is 19.9 Å². The summed E-state index contributed by atoms with van der Waals surface area (Å²) in [5.74, 6) is 0.475. The molecule has 0 aromatic carbocycles. The van der Waals surface area contributed by atoms with Crippen LogP contribution in [0.15, 0.2) is 47.8 Å². The van der Waals surface area contributed by atoms with Gasteiger partial charge in [0.1, 0.15) is 5.82 Å². The Balaban J connectivity index is 2.07. The van der Waals surface area contributed by atoms with Crippen LogP contribution in [0.5, 0.6) is 0 Å². The van der Waals surface area contributed by atoms with E-state index in [0.717, 1.165) is 11.3 Å². The highest BCUT2D eigenvalue weighted by Gasteiger charge is 2.09. The largest absolute Gasteiger partial charge is 0.338 e. The summed E-state index contributed by atoms with van der Waals surface area (Å²) in [6.07, 6.45) is 6.52. The van der Waals surface area contributed by atoms with E-state index in [0.29, 0.717) is 16.4 Å². The quantitative estimate of drug-likeness (QED) is 0.753. The minimum Gasteiger partial charge on any atom is -0.338 e. The highest BCUT2D eigenvalue weighted by Crippen LogP contribution is 2.20. The van der Waals surface area contributed by atoms with E-state index >= 15 is 0 Å². The summed E-state index contributed by atoms with van der Waals surface area (Å²) < 4.78 is 0. The maximum absolute atomic E-state index is 11.7. The number of halogens is 1. The van der Waals surface area contributed by atoms with Crippen LogP contribution in [0.25, 0.3) is 22.6 Å². The van der Waals surface area contributed by atoms with E-state index in [4.69, 9.17) is 11.6 Å². The van der Waals surface area contributed by atoms with E-state index in [9.17, 15) is 4.79 Å². The van der Waals surface area contributed by atoms with Gasteiger partial charge in [0.25, 0.3) is 5.56 Å². The fraction of sp³-hybridized carbons (Fsp3) is 0. The van der Waals surface area contributed by atoms with Gasteiger partial charge in [-0.15, -0.1) is 0 Å². The number of H-pyrrole nitrogens is 2. The van der Waals surface area contributed by atoms with Crippen molar-refractivity contribution >= 4 is 11.6 Å². The Bertz CT molecular complexity index is 764. The summed E-state index contributed by atoms with van der Waals surface area (Å²) in [7, 11) is 0. The molecule has 3 aromatic rings. The van der Waals surface area contributed by atoms with Gasteiger partial charge in [0.15, 0.2) is 0 Å². The van der Waals surface area contributed by atoms with Crippen LogP contribution in [0.1, 0.15) is 0 Å². The van der Waals surface area contributed by atoms with Gasteiger partial charge in [-0.1, -0.05) is 11.6 Å². The van der Waals surface area contributed by atoms with Crippen molar-refractivity contribution in [2.45, 2.75) is 0 Å². The molecule has 3 rings (SSSR count). The third-order valence-corrected chi connectivity index (χ3v) is 2.89. The van der Waals surface area contributed by atoms with Crippen molar-refractivity contribution in [1.29, 1.82) is 0 Å². The van der Waals surface area contributed by atoms with E-state index in [1.807, 2.05) is 12.1 Å². The van der Waals surface area contributed by atoms with Crippen molar-refractivity contribution < 1.29 is 0 Å². The van der Waals surface area contributed by atoms with E-state index < -0.39 is 0 Å². The average molecular weight is 273 g/mol. The predicted octanol–water partition coefficient (Wildman–Crippen LogP) is 2.48. The van der Waals surface area contributed by atoms with E-state index in [1.54, 1.807) is 24.7 Å². The molecule has 5 nitrogen and oxygen atoms in total. The number of pyridine rings is 2. The molecular formula is C13H9ClN4O. The van der Waals surface area contributed by atoms with Gasteiger partial charge in [-0.25, -0.2) is 4.98 Å². The van der Waals surface area contributed by atoms with Crippen LogP contribution in [0.2, 0.25) is 5.02 Å². The molecule has 0 aliphatic heterocycles. The number of imidazole rings is 1. The molecule has 0 aliphatic rings. The lowest BCUT2D eigenvalue weighted by Gasteiger charge is -1.97. The SMILES string of the molecule is O=c1[nH]cc(Cl)cc1-c1ncc(-c2cccnc2)[nH]1. The zero-order chi connectivity index (χ0) is 13.2. The molecule has 0 fully saturated rings. The maximum atomic E-state index is 11.7. The molecule has 0 radical (unpaired) electrons. The lowest BCUT2D eigenvalue weighted by Crippen LogP contribution is -2.08. The number of rotatable bonds is 2. The average Bonchev–Trinajstić information content (AvgIpc) is 2.92. The third kappa shape index (κ3) is 2.28. The van der Waals surface area contributed by atoms with Crippen LogP contribution >= 0.6 is 11.6 Å². The molecular weight excluding hydrogens is 264 g/mol. The Labute approximate surface area is 113 Å². The fourth-order valence-corrected chi connectivity index (χ4v) is 1.92. The molecule has 3 aromatic heterocycles. The highest BCUT2D eigenvalue weighted by atomic mass is 35.5. The molecule has 94 valence electrons. The number of hydrogen-bond acceptors (Lipinski definition) is 3. The Morgan fingerprint density at radius 2 is 2.16 bits per heavy atom. The van der Waals surface area contributed by atoms with E-state index in [-0.39, 0.29) is 5.56 Å². The minimum atomic E-state index is -0.239. The summed E-state index contributed by atoms with van der Waals surface area (Å²) in [5, 5.41) is 0.453. The van der Waals surface area contributed by atoms with Crippen molar-refractivity contribution in [2.75, 3.05) is 0 Å². The molecule has 0 spiro atoms. The first-order chi connectivity index (χ1) is 9.24. The second-order valence-electron chi connectivity index (χ2n) is 3.95. The molecule has 0 saturated heterocycles. The molecule has 2 N–H and O–H groups in total. The van der Waals surface area contributed by atoms with Gasteiger partial charge in [0.05, 0.1) is 22.5 Å². The van der Waals surface area contributed by atoms with Gasteiger partial charge >= 0.3 is 0 Å². The van der Waals surface area contributed by atoms with E-state index in [1.165, 1.54) is 6.20 Å². The standard InChI is InChI=1S/C13H9ClN4O/c14-9-4-10(13(19)17-6-9)12-16-7-11(18-12)8-2-1-3-15-5-8/h1-7H,(H,16,18)(H,17,19). The zero-order valence-corrected chi connectivity index (χ0v) is 10.5. The monoisotopic (exact) mass is 272 g/mol. The van der Waals surface area contributed by atoms with Gasteiger partial charge in [0.2, 0.25) is 0 Å². The fourth-order valence-electron chi connectivity index (χ4n) is 1.76. The molecule has 0 unspecified atom stereocenters. The van der Waals surface area contributed by atoms with Crippen LogP contribution in [0.3, 0.4) is 0 Å². The van der Waals surface area contributed by atoms with Crippen molar-refractivity contribution in [3.05, 3.63) is 58.4 Å². The first kappa shape index (κ1) is 11.7. The molecule has 3 heterocycles. The zero-order valence-electron chi connectivity index (χ0n) is 9.72. The van der Waals surface area contributed by atoms with Crippen LogP contribution in [0, 0.1) is 0 Å². The Hall–Kier alpha value is -2.40. The smallest absolute Gasteiger partial charge is 0.259 e. The van der Waals surface area contributed by atoms with Gasteiger partial charge in [-0.3, -0.25) is 9.78 Å². The number of nitrogens with one attached hydrogen (secondary N) is 2. The number of hydrogen-bond donors (Lipinski definition) is 2. The Morgan fingerprint density at radius 1 is 1.26 bits per heavy atom. The van der Waals surface area contributed by atoms with Gasteiger partial charge < -0.3 is 9.97 Å². The topological polar surface area (TPSA) is 74.4 Å². The summed E-state index contributed by atoms with van der Waals surface area (Å²) in [4.78, 5) is 25.6. The number of nitrogens with zero attached hydrogens (tertiary/aromatic N) is 2. The summed E-state index contributed by atoms with van der Waals surface area (Å²) in [6.45, 7) is 0. The van der Waals surface area contributed by atoms with Gasteiger partial charge in [0, 0.05) is 24.2 Å². The predicted molar refractivity (Wildman–Crippen MR) is 72.9 cm³/mol. The van der Waals surface area contributed by atoms with Crippen LogP contribution in [0.4, 0.5) is 0 Å². The summed E-state index contributed by atoms with van der Waals surface area (Å²) in [5.41, 5.74) is 1.86. The molecule has 0 aliphatic carbocycles. The van der Waals surface area contributed by atoms with E-state index in [2.05, 4.69) is 19.9 Å². The number of aromatic nitrogens is 4. The molecule has 0 amide bonds. The first-order valence-electron chi connectivity index (χ1n) is 5.58. The lowest BCUT2D eigenvalue weighted by atomic mass is 10.2. The van der Waals surface area contributed by atoms with Crippen molar-refractivity contribution in [3.63, 3.8) is 0 Å². The molecule has 0 atom stereocenters. The van der Waals surface area contributed by atoms with Gasteiger partial charge in [-0.2, -0.15) is 0 Å². The molecule has 6 heteroatoms. The normalized spacial score (nSPS) is 10.6. The molecule has 0 saturated carbocycles. The lowest BCUT2D eigenvalue weighted by molar-refractivity contribution is 1.20. The summed E-state index contributed by atoms with van der Waals surface area (Å²) in [6, 6.07) is 5.32. The summed E-state index contributed by atoms with van der Waals surface area (Å²) >= 11 is 5.87. The minimum absolute atomic E-state index is 0.239. The number of aromatic amines is 2. The van der Waals surface area contributed by atoms with Gasteiger partial charge in [-0.05, 0) is 18.2 Å². The van der Waals surface area contributed by atoms with Crippen LogP contribution < -0.4 is 5.56 Å². The third-order valence-electron chi connectivity index (χ3n) is 2.67. The highest BCUT2D eigenvalue weighted by molar-refractivity contribution is 6.30. The van der Waals surface area contributed by atoms with Crippen molar-refractivity contribution in [3.8, 4) is 22.6 Å². The Morgan fingerprint density at radius 3 is 2.95 bits per heavy atom. The first-order valence-corrected chi connectivity index (χ1v) is 5.96. The second kappa shape index (κ2) is 4.70. The second-order valence-corrected chi connectivity index (χ2v) is 4.38. The van der Waals surface area contributed by atoms with Crippen LogP contribution in [-0.4, -0.2) is 19.9 Å². The molecule has 0 bridgehead atoms. The van der Waals surface area contributed by atoms with Crippen LogP contribution in [-0.2, 0) is 0 Å². The molecule has 19 heavy (non-hydrogen) atoms. The maximum Gasteiger partial charge on any atom is 0.259 e. The Kier molecular flexibility index (Phi) is 2.89.